The van der Waals surface area contributed by atoms with Crippen LogP contribution in [0.5, 0.6) is 11.5 Å². The molecule has 200 valence electrons. The molecule has 6 nitrogen and oxygen atoms in total. The Kier molecular flexibility index (Phi) is 10.0. The third kappa shape index (κ3) is 7.75. The van der Waals surface area contributed by atoms with Crippen molar-refractivity contribution in [3.05, 3.63) is 94.5 Å². The average Bonchev–Trinajstić information content (AvgIpc) is 2.95. The molecule has 1 heterocycles. The van der Waals surface area contributed by atoms with E-state index in [1.165, 1.54) is 0 Å². The lowest BCUT2D eigenvalue weighted by Gasteiger charge is -2.32. The molecule has 0 saturated carbocycles. The predicted molar refractivity (Wildman–Crippen MR) is 150 cm³/mol. The minimum absolute atomic E-state index is 0.0820. The summed E-state index contributed by atoms with van der Waals surface area (Å²) < 4.78 is 11.3. The van der Waals surface area contributed by atoms with Crippen molar-refractivity contribution in [3.8, 4) is 11.5 Å². The Morgan fingerprint density at radius 2 is 1.63 bits per heavy atom. The SMILES string of the molecule is CCCCNC(=O)[C@H](Cc1ccccc1)N(Cc1ccc(Cl)cc1)C(=O)CCc1ccc2c(c1)OCCO2. The minimum Gasteiger partial charge on any atom is -0.486 e. The lowest BCUT2D eigenvalue weighted by molar-refractivity contribution is -0.141. The molecule has 0 fully saturated rings. The van der Waals surface area contributed by atoms with Gasteiger partial charge in [0.15, 0.2) is 11.5 Å². The number of amides is 2. The molecule has 1 aliphatic rings. The molecule has 1 N–H and O–H groups in total. The summed E-state index contributed by atoms with van der Waals surface area (Å²) in [5.74, 6) is 1.21. The van der Waals surface area contributed by atoms with Gasteiger partial charge in [0.1, 0.15) is 19.3 Å². The number of aryl methyl sites for hydroxylation is 1. The van der Waals surface area contributed by atoms with Gasteiger partial charge in [-0.15, -0.1) is 0 Å². The number of benzene rings is 3. The molecule has 4 rings (SSSR count). The van der Waals surface area contributed by atoms with Crippen LogP contribution in [0.2, 0.25) is 5.02 Å². The number of carbonyl (C=O) groups is 2. The number of ether oxygens (including phenoxy) is 2. The molecule has 0 aliphatic carbocycles. The standard InChI is InChI=1S/C31H35ClN2O4/c1-2-3-17-33-31(36)27(20-23-7-5-4-6-8-23)34(22-25-9-13-26(32)14-10-25)30(35)16-12-24-11-15-28-29(21-24)38-19-18-37-28/h4-11,13-15,21,27H,2-3,12,16-20,22H2,1H3,(H,33,36)/t27-/m0/s1. The zero-order valence-corrected chi connectivity index (χ0v) is 22.6. The van der Waals surface area contributed by atoms with Crippen LogP contribution in [0.1, 0.15) is 42.9 Å². The lowest BCUT2D eigenvalue weighted by atomic mass is 10.0. The van der Waals surface area contributed by atoms with Crippen LogP contribution < -0.4 is 14.8 Å². The number of carbonyl (C=O) groups excluding carboxylic acids is 2. The third-order valence-electron chi connectivity index (χ3n) is 6.60. The second-order valence-electron chi connectivity index (χ2n) is 9.48. The van der Waals surface area contributed by atoms with Gasteiger partial charge in [-0.25, -0.2) is 0 Å². The average molecular weight is 535 g/mol. The highest BCUT2D eigenvalue weighted by atomic mass is 35.5. The highest BCUT2D eigenvalue weighted by molar-refractivity contribution is 6.30. The van der Waals surface area contributed by atoms with Crippen LogP contribution in [0.15, 0.2) is 72.8 Å². The lowest BCUT2D eigenvalue weighted by Crippen LogP contribution is -2.50. The fourth-order valence-electron chi connectivity index (χ4n) is 4.48. The van der Waals surface area contributed by atoms with E-state index in [0.29, 0.717) is 49.9 Å². The topological polar surface area (TPSA) is 67.9 Å². The minimum atomic E-state index is -0.641. The molecule has 2 amide bonds. The number of hydrogen-bond acceptors (Lipinski definition) is 4. The van der Waals surface area contributed by atoms with E-state index in [9.17, 15) is 9.59 Å². The van der Waals surface area contributed by atoms with Crippen molar-refractivity contribution in [2.75, 3.05) is 19.8 Å². The van der Waals surface area contributed by atoms with Crippen molar-refractivity contribution in [2.45, 2.75) is 51.6 Å². The van der Waals surface area contributed by atoms with E-state index in [2.05, 4.69) is 12.2 Å². The second-order valence-corrected chi connectivity index (χ2v) is 9.91. The van der Waals surface area contributed by atoms with E-state index >= 15 is 0 Å². The van der Waals surface area contributed by atoms with Crippen LogP contribution in [0, 0.1) is 0 Å². The molecule has 7 heteroatoms. The van der Waals surface area contributed by atoms with Gasteiger partial charge in [0.25, 0.3) is 0 Å². The Morgan fingerprint density at radius 3 is 2.37 bits per heavy atom. The summed E-state index contributed by atoms with van der Waals surface area (Å²) in [5.41, 5.74) is 2.91. The first kappa shape index (κ1) is 27.5. The Balaban J connectivity index is 1.57. The van der Waals surface area contributed by atoms with Crippen molar-refractivity contribution < 1.29 is 19.1 Å². The van der Waals surface area contributed by atoms with Gasteiger partial charge < -0.3 is 19.7 Å². The largest absolute Gasteiger partial charge is 0.486 e. The maximum absolute atomic E-state index is 13.8. The molecule has 1 aliphatic heterocycles. The first-order valence-electron chi connectivity index (χ1n) is 13.3. The molecule has 0 unspecified atom stereocenters. The quantitative estimate of drug-likeness (QED) is 0.307. The molecule has 3 aromatic carbocycles. The highest BCUT2D eigenvalue weighted by Crippen LogP contribution is 2.31. The molecule has 1 atom stereocenters. The maximum atomic E-state index is 13.8. The van der Waals surface area contributed by atoms with Gasteiger partial charge in [0.2, 0.25) is 11.8 Å². The van der Waals surface area contributed by atoms with E-state index in [1.54, 1.807) is 4.90 Å². The number of nitrogens with zero attached hydrogens (tertiary/aromatic N) is 1. The van der Waals surface area contributed by atoms with Crippen LogP contribution in [0.25, 0.3) is 0 Å². The van der Waals surface area contributed by atoms with E-state index in [1.807, 2.05) is 72.8 Å². The van der Waals surface area contributed by atoms with Gasteiger partial charge >= 0.3 is 0 Å². The summed E-state index contributed by atoms with van der Waals surface area (Å²) >= 11 is 6.11. The second kappa shape index (κ2) is 13.9. The molecule has 0 radical (unpaired) electrons. The van der Waals surface area contributed by atoms with E-state index in [0.717, 1.165) is 35.3 Å². The van der Waals surface area contributed by atoms with Crippen molar-refractivity contribution in [1.82, 2.24) is 10.2 Å². The summed E-state index contributed by atoms with van der Waals surface area (Å²) in [6.45, 7) is 4.03. The number of nitrogens with one attached hydrogen (secondary N) is 1. The van der Waals surface area contributed by atoms with Crippen LogP contribution in [-0.4, -0.2) is 42.5 Å². The third-order valence-corrected chi connectivity index (χ3v) is 6.85. The van der Waals surface area contributed by atoms with Crippen LogP contribution >= 0.6 is 11.6 Å². The predicted octanol–water partition coefficient (Wildman–Crippen LogP) is 5.60. The maximum Gasteiger partial charge on any atom is 0.243 e. The summed E-state index contributed by atoms with van der Waals surface area (Å²) in [4.78, 5) is 29.0. The summed E-state index contributed by atoms with van der Waals surface area (Å²) in [7, 11) is 0. The molecular weight excluding hydrogens is 500 g/mol. The molecule has 0 aromatic heterocycles. The molecule has 0 saturated heterocycles. The molecule has 38 heavy (non-hydrogen) atoms. The Hall–Kier alpha value is -3.51. The Labute approximate surface area is 229 Å². The van der Waals surface area contributed by atoms with Crippen molar-refractivity contribution in [2.24, 2.45) is 0 Å². The summed E-state index contributed by atoms with van der Waals surface area (Å²) in [6, 6.07) is 22.4. The number of unbranched alkanes of at least 4 members (excludes halogenated alkanes) is 1. The van der Waals surface area contributed by atoms with Crippen molar-refractivity contribution >= 4 is 23.4 Å². The summed E-state index contributed by atoms with van der Waals surface area (Å²) in [6.07, 6.45) is 3.09. The van der Waals surface area contributed by atoms with Crippen LogP contribution in [0.4, 0.5) is 0 Å². The molecule has 3 aromatic rings. The first-order valence-corrected chi connectivity index (χ1v) is 13.7. The van der Waals surface area contributed by atoms with Crippen molar-refractivity contribution in [3.63, 3.8) is 0 Å². The molecule has 0 spiro atoms. The van der Waals surface area contributed by atoms with E-state index < -0.39 is 6.04 Å². The van der Waals surface area contributed by atoms with Crippen molar-refractivity contribution in [1.29, 1.82) is 0 Å². The van der Waals surface area contributed by atoms with E-state index in [4.69, 9.17) is 21.1 Å². The number of fused-ring (bicyclic) bond motifs is 1. The van der Waals surface area contributed by atoms with Gasteiger partial charge in [0.05, 0.1) is 0 Å². The fraction of sp³-hybridized carbons (Fsp3) is 0.355. The van der Waals surface area contributed by atoms with Crippen LogP contribution in [0.3, 0.4) is 0 Å². The monoisotopic (exact) mass is 534 g/mol. The van der Waals surface area contributed by atoms with Gasteiger partial charge in [-0.2, -0.15) is 0 Å². The Bertz CT molecular complexity index is 1200. The van der Waals surface area contributed by atoms with Gasteiger partial charge in [-0.05, 0) is 53.8 Å². The van der Waals surface area contributed by atoms with E-state index in [-0.39, 0.29) is 18.2 Å². The Morgan fingerprint density at radius 1 is 0.921 bits per heavy atom. The molecular formula is C31H35ClN2O4. The van der Waals surface area contributed by atoms with Crippen LogP contribution in [-0.2, 0) is 29.0 Å². The van der Waals surface area contributed by atoms with Gasteiger partial charge in [-0.3, -0.25) is 9.59 Å². The molecule has 0 bridgehead atoms. The first-order chi connectivity index (χ1) is 18.5. The highest BCUT2D eigenvalue weighted by Gasteiger charge is 2.30. The number of rotatable bonds is 12. The zero-order chi connectivity index (χ0) is 26.7. The van der Waals surface area contributed by atoms with Gasteiger partial charge in [-0.1, -0.05) is 73.5 Å². The van der Waals surface area contributed by atoms with Gasteiger partial charge in [0, 0.05) is 31.0 Å². The number of halogens is 1. The zero-order valence-electron chi connectivity index (χ0n) is 21.8. The number of hydrogen-bond donors (Lipinski definition) is 1. The fourth-order valence-corrected chi connectivity index (χ4v) is 4.61. The summed E-state index contributed by atoms with van der Waals surface area (Å²) in [5, 5.41) is 3.69. The normalized spacial score (nSPS) is 13.0. The smallest absolute Gasteiger partial charge is 0.243 e.